The Labute approximate surface area is 243 Å². The van der Waals surface area contributed by atoms with Gasteiger partial charge in [-0.15, -0.1) is 0 Å². The van der Waals surface area contributed by atoms with Crippen molar-refractivity contribution in [2.75, 3.05) is 90.8 Å². The number of imide groups is 2. The lowest BCUT2D eigenvalue weighted by atomic mass is 10.0. The molecule has 1 fully saturated rings. The molecule has 1 heterocycles. The van der Waals surface area contributed by atoms with Gasteiger partial charge in [-0.05, 0) is 31.5 Å². The summed E-state index contributed by atoms with van der Waals surface area (Å²) >= 11 is 0. The Morgan fingerprint density at radius 1 is 0.951 bits per heavy atom. The highest BCUT2D eigenvalue weighted by Gasteiger charge is 2.31. The van der Waals surface area contributed by atoms with Crippen LogP contribution in [0.1, 0.15) is 42.6 Å². The number of hydrogen-bond acceptors (Lipinski definition) is 10. The van der Waals surface area contributed by atoms with Crippen LogP contribution in [-0.2, 0) is 28.6 Å². The van der Waals surface area contributed by atoms with Gasteiger partial charge in [0.1, 0.15) is 6.04 Å². The number of nitrogens with zero attached hydrogens (tertiary/aromatic N) is 3. The van der Waals surface area contributed by atoms with Gasteiger partial charge in [-0.3, -0.25) is 34.3 Å². The molecule has 4 amide bonds. The van der Waals surface area contributed by atoms with E-state index in [2.05, 4.69) is 22.0 Å². The third-order valence-corrected chi connectivity index (χ3v) is 7.01. The number of anilines is 1. The number of rotatable bonds is 21. The molecule has 41 heavy (non-hydrogen) atoms. The number of likely N-dealkylation sites (N-methyl/N-ethyl adjacent to an activating group) is 1. The summed E-state index contributed by atoms with van der Waals surface area (Å²) in [5.74, 6) is -1.32. The first-order chi connectivity index (χ1) is 20.0. The molecule has 2 rings (SSSR count). The predicted molar refractivity (Wildman–Crippen MR) is 156 cm³/mol. The van der Waals surface area contributed by atoms with Crippen LogP contribution >= 0.6 is 0 Å². The van der Waals surface area contributed by atoms with E-state index in [4.69, 9.17) is 14.2 Å². The van der Waals surface area contributed by atoms with E-state index in [-0.39, 0.29) is 18.4 Å². The average Bonchev–Trinajstić information content (AvgIpc) is 2.98. The molecule has 1 aromatic rings. The highest BCUT2D eigenvalue weighted by Crippen LogP contribution is 2.23. The first-order valence-corrected chi connectivity index (χ1v) is 14.5. The fraction of sp³-hybridized carbons (Fsp3) is 0.655. The second-order valence-electron chi connectivity index (χ2n) is 9.79. The van der Waals surface area contributed by atoms with Crippen molar-refractivity contribution in [3.63, 3.8) is 0 Å². The van der Waals surface area contributed by atoms with Gasteiger partial charge in [0.15, 0.2) is 0 Å². The van der Waals surface area contributed by atoms with Crippen LogP contribution in [0.4, 0.5) is 5.69 Å². The van der Waals surface area contributed by atoms with Gasteiger partial charge in [-0.1, -0.05) is 32.4 Å². The molecule has 12 heteroatoms. The smallest absolute Gasteiger partial charge is 0.263 e. The molecule has 0 aromatic heterocycles. The Balaban J connectivity index is 1.68. The molecule has 0 radical (unpaired) electrons. The Bertz CT molecular complexity index is 940. The number of nitrogens with one attached hydrogen (secondary N) is 2. The second kappa shape index (κ2) is 20.1. The van der Waals surface area contributed by atoms with Crippen molar-refractivity contribution >= 4 is 30.3 Å². The van der Waals surface area contributed by atoms with Crippen LogP contribution in [0.25, 0.3) is 0 Å². The molecule has 1 aliphatic heterocycles. The van der Waals surface area contributed by atoms with Gasteiger partial charge in [-0.2, -0.15) is 0 Å². The number of benzene rings is 1. The molecule has 1 unspecified atom stereocenters. The Kier molecular flexibility index (Phi) is 16.8. The molecule has 0 spiro atoms. The predicted octanol–water partition coefficient (Wildman–Crippen LogP) is 1.13. The highest BCUT2D eigenvalue weighted by molar-refractivity contribution is 6.08. The number of carbonyl (C=O) groups excluding carboxylic acids is 4. The maximum absolute atomic E-state index is 13.4. The monoisotopic (exact) mass is 577 g/mol. The van der Waals surface area contributed by atoms with E-state index >= 15 is 0 Å². The second-order valence-corrected chi connectivity index (χ2v) is 9.79. The molecule has 1 aliphatic rings. The molecule has 2 N–H and O–H groups in total. The van der Waals surface area contributed by atoms with Gasteiger partial charge in [0.05, 0.1) is 45.2 Å². The first-order valence-electron chi connectivity index (χ1n) is 14.5. The zero-order chi connectivity index (χ0) is 29.9. The molecule has 1 atom stereocenters. The topological polar surface area (TPSA) is 130 Å². The minimum atomic E-state index is -1.09. The van der Waals surface area contributed by atoms with Crippen molar-refractivity contribution < 1.29 is 33.4 Å². The van der Waals surface area contributed by atoms with Gasteiger partial charge < -0.3 is 24.4 Å². The fourth-order valence-electron chi connectivity index (χ4n) is 4.64. The molecule has 230 valence electrons. The summed E-state index contributed by atoms with van der Waals surface area (Å²) in [7, 11) is 0. The zero-order valence-corrected chi connectivity index (χ0v) is 24.8. The summed E-state index contributed by atoms with van der Waals surface area (Å²) in [4.78, 5) is 54.1. The van der Waals surface area contributed by atoms with Crippen LogP contribution in [0, 0.1) is 6.92 Å². The number of amides is 4. The zero-order valence-electron chi connectivity index (χ0n) is 24.8. The van der Waals surface area contributed by atoms with Crippen LogP contribution in [0.2, 0.25) is 0 Å². The lowest BCUT2D eigenvalue weighted by Gasteiger charge is -2.33. The number of hydrogen-bond donors (Lipinski definition) is 2. The van der Waals surface area contributed by atoms with Crippen molar-refractivity contribution in [3.8, 4) is 0 Å². The van der Waals surface area contributed by atoms with E-state index in [9.17, 15) is 19.2 Å². The van der Waals surface area contributed by atoms with E-state index in [1.807, 2.05) is 12.2 Å². The van der Waals surface area contributed by atoms with Crippen LogP contribution in [0.5, 0.6) is 0 Å². The third kappa shape index (κ3) is 11.9. The van der Waals surface area contributed by atoms with Crippen LogP contribution in [0.15, 0.2) is 18.2 Å². The van der Waals surface area contributed by atoms with Crippen molar-refractivity contribution in [3.05, 3.63) is 29.3 Å². The van der Waals surface area contributed by atoms with Crippen LogP contribution in [-0.4, -0.2) is 131 Å². The van der Waals surface area contributed by atoms with E-state index in [1.54, 1.807) is 25.1 Å². The Hall–Kier alpha value is -2.90. The quantitative estimate of drug-likeness (QED) is 0.162. The van der Waals surface area contributed by atoms with E-state index in [0.717, 1.165) is 44.2 Å². The van der Waals surface area contributed by atoms with Crippen molar-refractivity contribution in [2.45, 2.75) is 39.7 Å². The molecule has 1 aromatic carbocycles. The van der Waals surface area contributed by atoms with Crippen molar-refractivity contribution in [1.29, 1.82) is 0 Å². The number of aryl methyl sites for hydroxylation is 1. The standard InChI is InChI=1S/C29H47N5O7/c1-4-7-26(28(37)31-22-35)34(23-36)29(38)27-24(3)8-6-9-25(27)30-10-16-39-18-20-41-21-19-40-17-15-33-13-11-32(5-2)12-14-33/h6,8-9,22-23,26,30H,4-5,7,10-21H2,1-3H3,(H,31,35,37). The van der Waals surface area contributed by atoms with Gasteiger partial charge in [-0.25, -0.2) is 0 Å². The molecular formula is C29H47N5O7. The SMILES string of the molecule is CCCC(C(=O)NC=O)N(C=O)C(=O)c1c(C)cccc1NCCOCCOCCOCCN1CCN(CC)CC1. The lowest BCUT2D eigenvalue weighted by molar-refractivity contribution is -0.133. The summed E-state index contributed by atoms with van der Waals surface area (Å²) < 4.78 is 16.9. The van der Waals surface area contributed by atoms with E-state index in [1.165, 1.54) is 0 Å². The Morgan fingerprint density at radius 3 is 2.20 bits per heavy atom. The molecule has 0 saturated carbocycles. The lowest BCUT2D eigenvalue weighted by Crippen LogP contribution is -2.49. The summed E-state index contributed by atoms with van der Waals surface area (Å²) in [6.45, 7) is 15.7. The average molecular weight is 578 g/mol. The van der Waals surface area contributed by atoms with Crippen molar-refractivity contribution in [1.82, 2.24) is 20.0 Å². The van der Waals surface area contributed by atoms with Crippen molar-refractivity contribution in [2.24, 2.45) is 0 Å². The van der Waals surface area contributed by atoms with Gasteiger partial charge >= 0.3 is 0 Å². The molecule has 12 nitrogen and oxygen atoms in total. The van der Waals surface area contributed by atoms with Gasteiger partial charge in [0, 0.05) is 45.0 Å². The number of ether oxygens (including phenoxy) is 3. The van der Waals surface area contributed by atoms with Crippen LogP contribution in [0.3, 0.4) is 0 Å². The summed E-state index contributed by atoms with van der Waals surface area (Å²) in [6.07, 6.45) is 1.36. The number of piperazine rings is 1. The minimum absolute atomic E-state index is 0.234. The summed E-state index contributed by atoms with van der Waals surface area (Å²) in [5.41, 5.74) is 1.46. The molecule has 0 aliphatic carbocycles. The summed E-state index contributed by atoms with van der Waals surface area (Å²) in [6, 6.07) is 4.20. The fourth-order valence-corrected chi connectivity index (χ4v) is 4.64. The maximum Gasteiger partial charge on any atom is 0.263 e. The summed E-state index contributed by atoms with van der Waals surface area (Å²) in [5, 5.41) is 5.23. The normalized spacial score (nSPS) is 14.8. The third-order valence-electron chi connectivity index (χ3n) is 7.01. The van der Waals surface area contributed by atoms with Gasteiger partial charge in [0.25, 0.3) is 5.91 Å². The maximum atomic E-state index is 13.4. The first kappa shape index (κ1) is 34.3. The Morgan fingerprint density at radius 2 is 1.59 bits per heavy atom. The minimum Gasteiger partial charge on any atom is -0.382 e. The molecule has 1 saturated heterocycles. The van der Waals surface area contributed by atoms with E-state index in [0.29, 0.717) is 70.3 Å². The highest BCUT2D eigenvalue weighted by atomic mass is 16.5. The van der Waals surface area contributed by atoms with E-state index < -0.39 is 17.9 Å². The van der Waals surface area contributed by atoms with Gasteiger partial charge in [0.2, 0.25) is 18.7 Å². The largest absolute Gasteiger partial charge is 0.382 e. The number of carbonyl (C=O) groups is 4. The molecule has 0 bridgehead atoms. The van der Waals surface area contributed by atoms with Crippen LogP contribution < -0.4 is 10.6 Å². The molecular weight excluding hydrogens is 530 g/mol.